The normalized spacial score (nSPS) is 11.3. The van der Waals surface area contributed by atoms with Crippen LogP contribution in [0.1, 0.15) is 5.69 Å². The molecule has 0 N–H and O–H groups in total. The van der Waals surface area contributed by atoms with Crippen molar-refractivity contribution >= 4 is 21.7 Å². The zero-order chi connectivity index (χ0) is 12.9. The SMILES string of the molecule is Cc1nc2n(C)c(-c3cccc(F)c3)nn2c1Br. The summed E-state index contributed by atoms with van der Waals surface area (Å²) in [6.45, 7) is 1.90. The molecule has 92 valence electrons. The fourth-order valence-electron chi connectivity index (χ4n) is 1.93. The van der Waals surface area contributed by atoms with Gasteiger partial charge in [0, 0.05) is 12.6 Å². The van der Waals surface area contributed by atoms with Crippen molar-refractivity contribution < 1.29 is 4.39 Å². The van der Waals surface area contributed by atoms with Crippen LogP contribution in [0.4, 0.5) is 4.39 Å². The molecule has 3 aromatic rings. The minimum absolute atomic E-state index is 0.275. The zero-order valence-electron chi connectivity index (χ0n) is 9.85. The van der Waals surface area contributed by atoms with Crippen LogP contribution < -0.4 is 0 Å². The van der Waals surface area contributed by atoms with Crippen molar-refractivity contribution in [2.45, 2.75) is 6.92 Å². The van der Waals surface area contributed by atoms with Crippen molar-refractivity contribution in [2.24, 2.45) is 7.05 Å². The Labute approximate surface area is 111 Å². The van der Waals surface area contributed by atoms with E-state index in [-0.39, 0.29) is 5.82 Å². The van der Waals surface area contributed by atoms with Crippen LogP contribution >= 0.6 is 15.9 Å². The Hall–Kier alpha value is -1.69. The van der Waals surface area contributed by atoms with Crippen molar-refractivity contribution in [1.29, 1.82) is 0 Å². The van der Waals surface area contributed by atoms with Gasteiger partial charge in [0.25, 0.3) is 0 Å². The molecule has 4 nitrogen and oxygen atoms in total. The molecule has 0 saturated carbocycles. The smallest absolute Gasteiger partial charge is 0.233 e. The number of aryl methyl sites for hydroxylation is 2. The Balaban J connectivity index is 2.27. The second-order valence-corrected chi connectivity index (χ2v) is 4.84. The van der Waals surface area contributed by atoms with Crippen LogP contribution in [0, 0.1) is 12.7 Å². The molecular weight excluding hydrogens is 299 g/mol. The van der Waals surface area contributed by atoms with E-state index in [0.29, 0.717) is 5.82 Å². The third-order valence-corrected chi connectivity index (χ3v) is 3.75. The average molecular weight is 309 g/mol. The molecule has 0 aliphatic carbocycles. The Morgan fingerprint density at radius 1 is 1.33 bits per heavy atom. The first kappa shape index (κ1) is 11.4. The molecule has 3 rings (SSSR count). The van der Waals surface area contributed by atoms with Gasteiger partial charge >= 0.3 is 0 Å². The van der Waals surface area contributed by atoms with Gasteiger partial charge < -0.3 is 0 Å². The second-order valence-electron chi connectivity index (χ2n) is 4.09. The van der Waals surface area contributed by atoms with Gasteiger partial charge in [-0.05, 0) is 35.0 Å². The first-order valence-corrected chi connectivity index (χ1v) is 6.20. The predicted molar refractivity (Wildman–Crippen MR) is 69.8 cm³/mol. The maximum Gasteiger partial charge on any atom is 0.233 e. The first-order valence-electron chi connectivity index (χ1n) is 5.41. The maximum atomic E-state index is 13.2. The fraction of sp³-hybridized carbons (Fsp3) is 0.167. The highest BCUT2D eigenvalue weighted by Gasteiger charge is 2.15. The summed E-state index contributed by atoms with van der Waals surface area (Å²) in [5, 5.41) is 4.45. The highest BCUT2D eigenvalue weighted by molar-refractivity contribution is 9.10. The molecular formula is C12H10BrFN4. The molecule has 0 atom stereocenters. The van der Waals surface area contributed by atoms with Gasteiger partial charge in [-0.15, -0.1) is 5.10 Å². The molecule has 1 aromatic carbocycles. The molecule has 2 heterocycles. The summed E-state index contributed by atoms with van der Waals surface area (Å²) in [5.41, 5.74) is 1.60. The van der Waals surface area contributed by atoms with Crippen LogP contribution in [-0.4, -0.2) is 19.2 Å². The summed E-state index contributed by atoms with van der Waals surface area (Å²) in [5.74, 6) is 1.12. The molecule has 0 spiro atoms. The largest absolute Gasteiger partial charge is 0.296 e. The average Bonchev–Trinajstić information content (AvgIpc) is 2.80. The molecule has 2 aromatic heterocycles. The monoisotopic (exact) mass is 308 g/mol. The second kappa shape index (κ2) is 3.91. The van der Waals surface area contributed by atoms with Crippen molar-refractivity contribution in [3.63, 3.8) is 0 Å². The maximum absolute atomic E-state index is 13.2. The predicted octanol–water partition coefficient (Wildman–Crippen LogP) is 2.94. The summed E-state index contributed by atoms with van der Waals surface area (Å²) in [4.78, 5) is 4.40. The van der Waals surface area contributed by atoms with Crippen LogP contribution in [0.25, 0.3) is 17.2 Å². The highest BCUT2D eigenvalue weighted by atomic mass is 79.9. The molecule has 0 fully saturated rings. The van der Waals surface area contributed by atoms with Crippen LogP contribution in [0.3, 0.4) is 0 Å². The summed E-state index contributed by atoms with van der Waals surface area (Å²) in [6.07, 6.45) is 0. The van der Waals surface area contributed by atoms with Crippen LogP contribution in [0.2, 0.25) is 0 Å². The van der Waals surface area contributed by atoms with Gasteiger partial charge in [-0.1, -0.05) is 12.1 Å². The van der Waals surface area contributed by atoms with E-state index in [9.17, 15) is 4.39 Å². The number of benzene rings is 1. The van der Waals surface area contributed by atoms with E-state index in [1.54, 1.807) is 10.6 Å². The summed E-state index contributed by atoms with van der Waals surface area (Å²) >= 11 is 3.44. The van der Waals surface area contributed by atoms with Crippen molar-refractivity contribution in [1.82, 2.24) is 19.2 Å². The number of fused-ring (bicyclic) bond motifs is 1. The number of nitrogens with zero attached hydrogens (tertiary/aromatic N) is 4. The number of halogens is 2. The molecule has 0 unspecified atom stereocenters. The lowest BCUT2D eigenvalue weighted by Gasteiger charge is -2.00. The van der Waals surface area contributed by atoms with E-state index in [1.807, 2.05) is 24.6 Å². The van der Waals surface area contributed by atoms with Crippen molar-refractivity contribution in [2.75, 3.05) is 0 Å². The first-order chi connectivity index (χ1) is 8.58. The summed E-state index contributed by atoms with van der Waals surface area (Å²) in [6, 6.07) is 6.37. The standard InChI is InChI=1S/C12H10BrFN4/c1-7-10(13)18-12(15-7)17(2)11(16-18)8-4-3-5-9(14)6-8/h3-6H,1-2H3. The molecule has 0 bridgehead atoms. The van der Waals surface area contributed by atoms with E-state index >= 15 is 0 Å². The quantitative estimate of drug-likeness (QED) is 0.693. The number of hydrogen-bond acceptors (Lipinski definition) is 2. The van der Waals surface area contributed by atoms with Crippen molar-refractivity contribution in [3.8, 4) is 11.4 Å². The minimum Gasteiger partial charge on any atom is -0.296 e. The van der Waals surface area contributed by atoms with Gasteiger partial charge in [0.1, 0.15) is 10.4 Å². The van der Waals surface area contributed by atoms with E-state index in [0.717, 1.165) is 21.6 Å². The Kier molecular flexibility index (Phi) is 2.48. The lowest BCUT2D eigenvalue weighted by Crippen LogP contribution is -1.94. The van der Waals surface area contributed by atoms with Crippen molar-refractivity contribution in [3.05, 3.63) is 40.4 Å². The van der Waals surface area contributed by atoms with E-state index in [1.165, 1.54) is 12.1 Å². The van der Waals surface area contributed by atoms with E-state index in [2.05, 4.69) is 26.0 Å². The van der Waals surface area contributed by atoms with E-state index < -0.39 is 0 Å². The van der Waals surface area contributed by atoms with E-state index in [4.69, 9.17) is 0 Å². The molecule has 0 amide bonds. The van der Waals surface area contributed by atoms with Gasteiger partial charge in [-0.25, -0.2) is 9.37 Å². The summed E-state index contributed by atoms with van der Waals surface area (Å²) in [7, 11) is 1.86. The Morgan fingerprint density at radius 2 is 2.11 bits per heavy atom. The number of imidazole rings is 1. The number of hydrogen-bond donors (Lipinski definition) is 0. The third kappa shape index (κ3) is 1.56. The van der Waals surface area contributed by atoms with Crippen LogP contribution in [-0.2, 0) is 7.05 Å². The summed E-state index contributed by atoms with van der Waals surface area (Å²) < 4.78 is 17.6. The number of rotatable bonds is 1. The van der Waals surface area contributed by atoms with Gasteiger partial charge in [-0.2, -0.15) is 4.52 Å². The molecule has 0 saturated heterocycles. The Bertz CT molecular complexity index is 744. The highest BCUT2D eigenvalue weighted by Crippen LogP contribution is 2.23. The third-order valence-electron chi connectivity index (χ3n) is 2.84. The molecule has 6 heteroatoms. The lowest BCUT2D eigenvalue weighted by molar-refractivity contribution is 0.628. The minimum atomic E-state index is -0.275. The number of aromatic nitrogens is 4. The van der Waals surface area contributed by atoms with Gasteiger partial charge in [0.05, 0.1) is 5.69 Å². The molecule has 0 aliphatic heterocycles. The Morgan fingerprint density at radius 3 is 2.78 bits per heavy atom. The van der Waals surface area contributed by atoms with Gasteiger partial charge in [0.15, 0.2) is 5.82 Å². The fourth-order valence-corrected chi connectivity index (χ4v) is 2.25. The van der Waals surface area contributed by atoms with Crippen LogP contribution in [0.15, 0.2) is 28.9 Å². The zero-order valence-corrected chi connectivity index (χ0v) is 11.4. The lowest BCUT2D eigenvalue weighted by atomic mass is 10.2. The molecule has 0 aliphatic rings. The molecule has 18 heavy (non-hydrogen) atoms. The topological polar surface area (TPSA) is 35.1 Å². The van der Waals surface area contributed by atoms with Gasteiger partial charge in [0.2, 0.25) is 5.78 Å². The van der Waals surface area contributed by atoms with Crippen LogP contribution in [0.5, 0.6) is 0 Å². The molecule has 0 radical (unpaired) electrons. The van der Waals surface area contributed by atoms with Gasteiger partial charge in [-0.3, -0.25) is 4.57 Å².